The van der Waals surface area contributed by atoms with Crippen molar-refractivity contribution in [3.63, 3.8) is 0 Å². The summed E-state index contributed by atoms with van der Waals surface area (Å²) in [6, 6.07) is 4.04. The SMILES string of the molecule is Cc1cc(Cl)ccc1N1CC(C(=O)O)N(C)C1=O. The number of carboxylic acid groups (broad SMARTS) is 1. The minimum absolute atomic E-state index is 0.146. The number of halogens is 1. The van der Waals surface area contributed by atoms with Gasteiger partial charge in [-0.05, 0) is 30.7 Å². The number of likely N-dealkylation sites (N-methyl/N-ethyl adjacent to an activating group) is 1. The van der Waals surface area contributed by atoms with E-state index >= 15 is 0 Å². The third-order valence-electron chi connectivity index (χ3n) is 3.09. The molecule has 0 aromatic heterocycles. The zero-order valence-electron chi connectivity index (χ0n) is 10.1. The first-order chi connectivity index (χ1) is 8.41. The Hall–Kier alpha value is -1.75. The molecule has 2 rings (SSSR count). The predicted molar refractivity (Wildman–Crippen MR) is 68.1 cm³/mol. The number of hydrogen-bond donors (Lipinski definition) is 1. The lowest BCUT2D eigenvalue weighted by Crippen LogP contribution is -2.36. The molecule has 18 heavy (non-hydrogen) atoms. The number of aryl methyl sites for hydroxylation is 1. The molecule has 1 N–H and O–H groups in total. The molecule has 1 aromatic carbocycles. The first-order valence-electron chi connectivity index (χ1n) is 5.45. The first kappa shape index (κ1) is 12.7. The molecule has 1 aliphatic rings. The van der Waals surface area contributed by atoms with Crippen LogP contribution in [-0.4, -0.2) is 41.6 Å². The van der Waals surface area contributed by atoms with Crippen LogP contribution in [0.25, 0.3) is 0 Å². The Morgan fingerprint density at radius 3 is 2.67 bits per heavy atom. The summed E-state index contributed by atoms with van der Waals surface area (Å²) in [7, 11) is 1.49. The van der Waals surface area contributed by atoms with Crippen molar-refractivity contribution in [2.24, 2.45) is 0 Å². The number of amides is 2. The zero-order valence-corrected chi connectivity index (χ0v) is 10.8. The predicted octanol–water partition coefficient (Wildman–Crippen LogP) is 1.97. The van der Waals surface area contributed by atoms with Gasteiger partial charge in [0.2, 0.25) is 0 Å². The second kappa shape index (κ2) is 4.49. The average molecular weight is 269 g/mol. The normalized spacial score (nSPS) is 19.5. The maximum Gasteiger partial charge on any atom is 0.328 e. The van der Waals surface area contributed by atoms with E-state index in [1.807, 2.05) is 6.92 Å². The Labute approximate surface area is 110 Å². The molecule has 2 amide bonds. The van der Waals surface area contributed by atoms with Crippen molar-refractivity contribution in [1.82, 2.24) is 4.90 Å². The van der Waals surface area contributed by atoms with Crippen LogP contribution in [0.15, 0.2) is 18.2 Å². The molecule has 1 fully saturated rings. The fourth-order valence-electron chi connectivity index (χ4n) is 2.06. The van der Waals surface area contributed by atoms with Crippen LogP contribution in [0.5, 0.6) is 0 Å². The van der Waals surface area contributed by atoms with Gasteiger partial charge in [0.15, 0.2) is 0 Å². The minimum Gasteiger partial charge on any atom is -0.480 e. The number of carboxylic acids is 1. The monoisotopic (exact) mass is 268 g/mol. The van der Waals surface area contributed by atoms with Crippen molar-refractivity contribution in [3.05, 3.63) is 28.8 Å². The highest BCUT2D eigenvalue weighted by atomic mass is 35.5. The van der Waals surface area contributed by atoms with Crippen molar-refractivity contribution < 1.29 is 14.7 Å². The fourth-order valence-corrected chi connectivity index (χ4v) is 2.29. The number of benzene rings is 1. The molecular formula is C12H13ClN2O3. The van der Waals surface area contributed by atoms with Gasteiger partial charge in [0.1, 0.15) is 6.04 Å². The van der Waals surface area contributed by atoms with Gasteiger partial charge in [0, 0.05) is 17.8 Å². The lowest BCUT2D eigenvalue weighted by atomic mass is 10.2. The third-order valence-corrected chi connectivity index (χ3v) is 3.33. The molecule has 1 atom stereocenters. The number of urea groups is 1. The minimum atomic E-state index is -1.00. The number of anilines is 1. The maximum atomic E-state index is 12.0. The number of rotatable bonds is 2. The highest BCUT2D eigenvalue weighted by Gasteiger charge is 2.40. The summed E-state index contributed by atoms with van der Waals surface area (Å²) in [6.07, 6.45) is 0. The molecule has 1 aliphatic heterocycles. The largest absolute Gasteiger partial charge is 0.480 e. The van der Waals surface area contributed by atoms with Gasteiger partial charge in [0.05, 0.1) is 6.54 Å². The summed E-state index contributed by atoms with van der Waals surface area (Å²) in [6.45, 7) is 1.98. The van der Waals surface area contributed by atoms with E-state index in [1.165, 1.54) is 16.8 Å². The molecule has 0 spiro atoms. The molecule has 1 saturated heterocycles. The molecular weight excluding hydrogens is 256 g/mol. The Morgan fingerprint density at radius 2 is 2.17 bits per heavy atom. The molecule has 1 aromatic rings. The maximum absolute atomic E-state index is 12.0. The molecule has 0 radical (unpaired) electrons. The highest BCUT2D eigenvalue weighted by molar-refractivity contribution is 6.30. The smallest absolute Gasteiger partial charge is 0.328 e. The number of carbonyl (C=O) groups is 2. The lowest BCUT2D eigenvalue weighted by Gasteiger charge is -2.18. The van der Waals surface area contributed by atoms with Gasteiger partial charge in [-0.15, -0.1) is 0 Å². The van der Waals surface area contributed by atoms with Crippen molar-refractivity contribution in [1.29, 1.82) is 0 Å². The Balaban J connectivity index is 2.35. The van der Waals surface area contributed by atoms with Crippen LogP contribution < -0.4 is 4.90 Å². The van der Waals surface area contributed by atoms with E-state index in [2.05, 4.69) is 0 Å². The molecule has 0 aliphatic carbocycles. The number of carbonyl (C=O) groups excluding carboxylic acids is 1. The number of nitrogens with zero attached hydrogens (tertiary/aromatic N) is 2. The van der Waals surface area contributed by atoms with Crippen LogP contribution in [0.2, 0.25) is 5.02 Å². The second-order valence-corrected chi connectivity index (χ2v) is 4.73. The van der Waals surface area contributed by atoms with Crippen LogP contribution in [0.1, 0.15) is 5.56 Å². The van der Waals surface area contributed by atoms with Gasteiger partial charge in [-0.25, -0.2) is 9.59 Å². The zero-order chi connectivity index (χ0) is 13.4. The highest BCUT2D eigenvalue weighted by Crippen LogP contribution is 2.28. The van der Waals surface area contributed by atoms with Crippen molar-refractivity contribution in [3.8, 4) is 0 Å². The molecule has 0 bridgehead atoms. The average Bonchev–Trinajstić information content (AvgIpc) is 2.57. The molecule has 1 heterocycles. The third kappa shape index (κ3) is 2.01. The quantitative estimate of drug-likeness (QED) is 0.892. The van der Waals surface area contributed by atoms with Gasteiger partial charge >= 0.3 is 12.0 Å². The van der Waals surface area contributed by atoms with E-state index in [9.17, 15) is 9.59 Å². The van der Waals surface area contributed by atoms with E-state index in [-0.39, 0.29) is 12.6 Å². The van der Waals surface area contributed by atoms with Gasteiger partial charge in [0.25, 0.3) is 0 Å². The summed E-state index contributed by atoms with van der Waals surface area (Å²) in [5, 5.41) is 9.63. The second-order valence-electron chi connectivity index (χ2n) is 4.29. The molecule has 0 saturated carbocycles. The van der Waals surface area contributed by atoms with Crippen molar-refractivity contribution >= 4 is 29.3 Å². The van der Waals surface area contributed by atoms with Crippen LogP contribution in [0.4, 0.5) is 10.5 Å². The van der Waals surface area contributed by atoms with Crippen LogP contribution in [0.3, 0.4) is 0 Å². The Morgan fingerprint density at radius 1 is 1.50 bits per heavy atom. The van der Waals surface area contributed by atoms with Gasteiger partial charge in [-0.3, -0.25) is 4.90 Å². The molecule has 96 valence electrons. The van der Waals surface area contributed by atoms with Gasteiger partial charge in [-0.1, -0.05) is 11.6 Å². The molecule has 6 heteroatoms. The van der Waals surface area contributed by atoms with Gasteiger partial charge < -0.3 is 10.0 Å². The van der Waals surface area contributed by atoms with E-state index in [4.69, 9.17) is 16.7 Å². The fraction of sp³-hybridized carbons (Fsp3) is 0.333. The summed E-state index contributed by atoms with van der Waals surface area (Å²) < 4.78 is 0. The lowest BCUT2D eigenvalue weighted by molar-refractivity contribution is -0.140. The number of aliphatic carboxylic acids is 1. The summed E-state index contributed by atoms with van der Waals surface area (Å²) in [5.74, 6) is -1.00. The summed E-state index contributed by atoms with van der Waals surface area (Å²) in [4.78, 5) is 25.7. The van der Waals surface area contributed by atoms with Gasteiger partial charge in [-0.2, -0.15) is 0 Å². The van der Waals surface area contributed by atoms with Crippen molar-refractivity contribution in [2.45, 2.75) is 13.0 Å². The van der Waals surface area contributed by atoms with Crippen LogP contribution >= 0.6 is 11.6 Å². The molecule has 1 unspecified atom stereocenters. The van der Waals surface area contributed by atoms with E-state index in [0.29, 0.717) is 10.7 Å². The van der Waals surface area contributed by atoms with E-state index in [1.54, 1.807) is 18.2 Å². The van der Waals surface area contributed by atoms with Crippen molar-refractivity contribution in [2.75, 3.05) is 18.5 Å². The van der Waals surface area contributed by atoms with E-state index < -0.39 is 12.0 Å². The molecule has 5 nitrogen and oxygen atoms in total. The van der Waals surface area contributed by atoms with Crippen LogP contribution in [0, 0.1) is 6.92 Å². The van der Waals surface area contributed by atoms with Crippen LogP contribution in [-0.2, 0) is 4.79 Å². The number of hydrogen-bond acceptors (Lipinski definition) is 2. The Kier molecular flexibility index (Phi) is 3.17. The Bertz CT molecular complexity index is 518. The summed E-state index contributed by atoms with van der Waals surface area (Å²) in [5.41, 5.74) is 1.54. The summed E-state index contributed by atoms with van der Waals surface area (Å²) >= 11 is 5.86. The standard InChI is InChI=1S/C12H13ClN2O3/c1-7-5-8(13)3-4-9(7)15-6-10(11(16)17)14(2)12(15)18/h3-5,10H,6H2,1-2H3,(H,16,17). The first-order valence-corrected chi connectivity index (χ1v) is 5.83. The van der Waals surface area contributed by atoms with E-state index in [0.717, 1.165) is 5.56 Å². The topological polar surface area (TPSA) is 60.9 Å².